The fourth-order valence-corrected chi connectivity index (χ4v) is 5.67. The normalized spacial score (nSPS) is 21.8. The monoisotopic (exact) mass is 459 g/mol. The molecule has 1 saturated carbocycles. The second-order valence-electron chi connectivity index (χ2n) is 8.86. The van der Waals surface area contributed by atoms with E-state index in [1.165, 1.54) is 19.0 Å². The van der Waals surface area contributed by atoms with Gasteiger partial charge < -0.3 is 15.1 Å². The van der Waals surface area contributed by atoms with E-state index in [0.717, 1.165) is 34.0 Å². The van der Waals surface area contributed by atoms with Gasteiger partial charge in [-0.25, -0.2) is 9.97 Å². The number of nitrogens with zero attached hydrogens (tertiary/aromatic N) is 7. The highest BCUT2D eigenvalue weighted by Crippen LogP contribution is 2.40. The van der Waals surface area contributed by atoms with Crippen LogP contribution in [0.5, 0.6) is 0 Å². The molecule has 1 amide bonds. The van der Waals surface area contributed by atoms with E-state index in [-0.39, 0.29) is 18.0 Å². The van der Waals surface area contributed by atoms with E-state index in [0.29, 0.717) is 30.6 Å². The number of hydrogen-bond donors (Lipinski definition) is 2. The van der Waals surface area contributed by atoms with Gasteiger partial charge >= 0.3 is 0 Å². The maximum absolute atomic E-state index is 12.9. The van der Waals surface area contributed by atoms with Crippen LogP contribution < -0.4 is 10.2 Å². The van der Waals surface area contributed by atoms with Gasteiger partial charge in [-0.2, -0.15) is 10.1 Å². The number of nitrogens with one attached hydrogen (secondary N) is 2. The number of carbonyl (C=O) groups excluding carboxylic acids is 1. The number of hydrogen-bond acceptors (Lipinski definition) is 9. The summed E-state index contributed by atoms with van der Waals surface area (Å²) >= 11 is 1.62. The van der Waals surface area contributed by atoms with Gasteiger partial charge in [0.25, 0.3) is 5.91 Å². The van der Waals surface area contributed by atoms with Crippen LogP contribution in [-0.2, 0) is 0 Å². The van der Waals surface area contributed by atoms with E-state index in [9.17, 15) is 4.79 Å². The number of anilines is 3. The van der Waals surface area contributed by atoms with E-state index in [1.54, 1.807) is 23.7 Å². The van der Waals surface area contributed by atoms with Crippen molar-refractivity contribution in [2.45, 2.75) is 37.3 Å². The highest BCUT2D eigenvalue weighted by molar-refractivity contribution is 7.17. The highest BCUT2D eigenvalue weighted by Gasteiger charge is 2.46. The maximum Gasteiger partial charge on any atom is 0.274 e. The molecule has 3 aliphatic rings. The van der Waals surface area contributed by atoms with Crippen molar-refractivity contribution in [2.75, 3.05) is 23.3 Å². The van der Waals surface area contributed by atoms with Gasteiger partial charge in [0.1, 0.15) is 11.5 Å². The van der Waals surface area contributed by atoms with Crippen molar-refractivity contribution in [1.82, 2.24) is 35.0 Å². The first kappa shape index (κ1) is 18.9. The van der Waals surface area contributed by atoms with Crippen LogP contribution >= 0.6 is 11.3 Å². The van der Waals surface area contributed by atoms with Gasteiger partial charge in [0.15, 0.2) is 5.82 Å². The number of piperazine rings is 1. The molecule has 2 aliphatic heterocycles. The molecule has 7 rings (SSSR count). The zero-order chi connectivity index (χ0) is 21.9. The second-order valence-corrected chi connectivity index (χ2v) is 9.77. The van der Waals surface area contributed by atoms with Crippen molar-refractivity contribution >= 4 is 45.0 Å². The van der Waals surface area contributed by atoms with Gasteiger partial charge in [-0.1, -0.05) is 0 Å². The first-order valence-corrected chi connectivity index (χ1v) is 12.0. The summed E-state index contributed by atoms with van der Waals surface area (Å²) in [5.74, 6) is 2.86. The second kappa shape index (κ2) is 7.20. The van der Waals surface area contributed by atoms with Gasteiger partial charge in [-0.3, -0.25) is 14.9 Å². The molecule has 0 radical (unpaired) electrons. The Morgan fingerprint density at radius 3 is 2.91 bits per heavy atom. The minimum absolute atomic E-state index is 0.0578. The van der Waals surface area contributed by atoms with Crippen LogP contribution in [0, 0.1) is 0 Å². The summed E-state index contributed by atoms with van der Waals surface area (Å²) in [5, 5.41) is 13.0. The largest absolute Gasteiger partial charge is 0.334 e. The molecule has 0 aromatic carbocycles. The van der Waals surface area contributed by atoms with Crippen molar-refractivity contribution in [1.29, 1.82) is 0 Å². The molecule has 0 unspecified atom stereocenters. The zero-order valence-electron chi connectivity index (χ0n) is 17.7. The first-order chi connectivity index (χ1) is 16.2. The van der Waals surface area contributed by atoms with Crippen molar-refractivity contribution in [3.05, 3.63) is 47.5 Å². The number of H-pyrrole nitrogens is 1. The molecule has 2 N–H and O–H groups in total. The summed E-state index contributed by atoms with van der Waals surface area (Å²) in [6.45, 7) is 1.35. The van der Waals surface area contributed by atoms with E-state index < -0.39 is 0 Å². The first-order valence-electron chi connectivity index (χ1n) is 11.1. The molecule has 3 fully saturated rings. The molecule has 1 aliphatic carbocycles. The Balaban J connectivity index is 1.15. The Labute approximate surface area is 193 Å². The molecule has 10 nitrogen and oxygen atoms in total. The smallest absolute Gasteiger partial charge is 0.274 e. The number of amides is 1. The molecular formula is C22H21N9OS. The molecule has 33 heavy (non-hydrogen) atoms. The molecule has 4 aromatic rings. The highest BCUT2D eigenvalue weighted by atomic mass is 32.1. The fraction of sp³-hybridized carbons (Fsp3) is 0.364. The molecule has 6 heterocycles. The molecule has 4 aromatic heterocycles. The summed E-state index contributed by atoms with van der Waals surface area (Å²) < 4.78 is 1.02. The standard InChI is InChI=1S/C22H21N9OS/c32-21(17-9-23-4-5-24-17)30-10-14-7-13(30)11-31(14)22-25-15-3-6-33-19(15)20(27-22)26-18-8-16(28-29-18)12-1-2-12/h3-6,8-9,12-14H,1-2,7,10-11H2,(H2,25,26,27,28,29)/t13-,14-/m0/s1. The predicted molar refractivity (Wildman–Crippen MR) is 124 cm³/mol. The quantitative estimate of drug-likeness (QED) is 0.468. The average molecular weight is 460 g/mol. The molecule has 2 bridgehead atoms. The Bertz CT molecular complexity index is 1350. The Morgan fingerprint density at radius 1 is 1.18 bits per heavy atom. The van der Waals surface area contributed by atoms with Gasteiger partial charge in [-0.15, -0.1) is 11.3 Å². The van der Waals surface area contributed by atoms with Crippen LogP contribution in [0.3, 0.4) is 0 Å². The Morgan fingerprint density at radius 2 is 2.12 bits per heavy atom. The summed E-state index contributed by atoms with van der Waals surface area (Å²) in [4.78, 5) is 35.0. The SMILES string of the molecule is O=C(c1cnccn1)N1C[C@@H]2C[C@H]1CN2c1nc(Nc2cc(C3CC3)n[nH]2)c2sccc2n1. The van der Waals surface area contributed by atoms with Crippen LogP contribution in [0.4, 0.5) is 17.6 Å². The number of carbonyl (C=O) groups is 1. The molecular weight excluding hydrogens is 438 g/mol. The lowest BCUT2D eigenvalue weighted by molar-refractivity contribution is 0.0718. The molecule has 2 atom stereocenters. The van der Waals surface area contributed by atoms with Crippen LogP contribution in [0.15, 0.2) is 36.1 Å². The van der Waals surface area contributed by atoms with Gasteiger partial charge in [0, 0.05) is 37.5 Å². The van der Waals surface area contributed by atoms with Crippen molar-refractivity contribution in [2.24, 2.45) is 0 Å². The lowest BCUT2D eigenvalue weighted by atomic mass is 10.2. The molecule has 166 valence electrons. The molecule has 2 saturated heterocycles. The van der Waals surface area contributed by atoms with Crippen LogP contribution in [0.1, 0.15) is 41.4 Å². The minimum Gasteiger partial charge on any atom is -0.334 e. The number of aromatic amines is 1. The van der Waals surface area contributed by atoms with Gasteiger partial charge in [-0.05, 0) is 30.7 Å². The van der Waals surface area contributed by atoms with Crippen molar-refractivity contribution < 1.29 is 4.79 Å². The summed E-state index contributed by atoms with van der Waals surface area (Å²) in [6, 6.07) is 4.41. The maximum atomic E-state index is 12.9. The predicted octanol–water partition coefficient (Wildman–Crippen LogP) is 2.93. The zero-order valence-corrected chi connectivity index (χ0v) is 18.5. The van der Waals surface area contributed by atoms with E-state index in [2.05, 4.69) is 36.4 Å². The lowest BCUT2D eigenvalue weighted by Gasteiger charge is -2.34. The summed E-state index contributed by atoms with van der Waals surface area (Å²) in [7, 11) is 0. The fourth-order valence-electron chi connectivity index (χ4n) is 4.90. The third-order valence-corrected chi connectivity index (χ3v) is 7.59. The number of aromatic nitrogens is 6. The number of fused-ring (bicyclic) bond motifs is 3. The van der Waals surface area contributed by atoms with Gasteiger partial charge in [0.2, 0.25) is 5.95 Å². The van der Waals surface area contributed by atoms with Crippen LogP contribution in [-0.4, -0.2) is 66.1 Å². The minimum atomic E-state index is -0.0578. The van der Waals surface area contributed by atoms with E-state index >= 15 is 0 Å². The summed E-state index contributed by atoms with van der Waals surface area (Å²) in [5.41, 5.74) is 2.42. The van der Waals surface area contributed by atoms with E-state index in [1.807, 2.05) is 16.3 Å². The topological polar surface area (TPSA) is 116 Å². The number of likely N-dealkylation sites (tertiary alicyclic amines) is 1. The summed E-state index contributed by atoms with van der Waals surface area (Å²) in [6.07, 6.45) is 8.00. The van der Waals surface area contributed by atoms with Gasteiger partial charge in [0.05, 0.1) is 34.2 Å². The lowest BCUT2D eigenvalue weighted by Crippen LogP contribution is -2.49. The number of thiophene rings is 1. The third kappa shape index (κ3) is 3.22. The van der Waals surface area contributed by atoms with Crippen LogP contribution in [0.25, 0.3) is 10.2 Å². The number of rotatable bonds is 5. The molecule has 0 spiro atoms. The Hall–Kier alpha value is -3.60. The third-order valence-electron chi connectivity index (χ3n) is 6.68. The molecule has 11 heteroatoms. The van der Waals surface area contributed by atoms with Crippen molar-refractivity contribution in [3.63, 3.8) is 0 Å². The van der Waals surface area contributed by atoms with Crippen LogP contribution in [0.2, 0.25) is 0 Å². The Kier molecular flexibility index (Phi) is 4.13. The van der Waals surface area contributed by atoms with Crippen molar-refractivity contribution in [3.8, 4) is 0 Å². The van der Waals surface area contributed by atoms with E-state index in [4.69, 9.17) is 9.97 Å². The average Bonchev–Trinajstić information content (AvgIpc) is 3.22.